The average molecular weight is 338 g/mol. The minimum absolute atomic E-state index is 0.460. The van der Waals surface area contributed by atoms with E-state index in [1.54, 1.807) is 12.1 Å². The molecular weight excluding hydrogens is 313 g/mol. The van der Waals surface area contributed by atoms with E-state index in [0.717, 1.165) is 37.5 Å². The third-order valence-corrected chi connectivity index (χ3v) is 6.04. The van der Waals surface area contributed by atoms with Gasteiger partial charge in [0, 0.05) is 37.4 Å². The highest BCUT2D eigenvalue weighted by Crippen LogP contribution is 2.37. The van der Waals surface area contributed by atoms with Crippen LogP contribution in [0.15, 0.2) is 24.3 Å². The zero-order valence-corrected chi connectivity index (χ0v) is 13.9. The molecule has 0 N–H and O–H groups in total. The number of rotatable bonds is 3. The minimum Gasteiger partial charge on any atom is -0.363 e. The van der Waals surface area contributed by atoms with Crippen molar-refractivity contribution in [2.24, 2.45) is 5.92 Å². The molecule has 0 aromatic heterocycles. The standard InChI is InChI=1S/C19H25F3N2/c20-19(21,22)15-5-7-16(8-6-15)24-17-9-10-18(24)13-23(12-17)11-14-3-1-2-4-14/h5-8,14,17-18H,1-4,9-13H2. The molecule has 3 fully saturated rings. The first kappa shape index (κ1) is 16.2. The Morgan fingerprint density at radius 1 is 0.875 bits per heavy atom. The molecule has 0 spiro atoms. The lowest BCUT2D eigenvalue weighted by Crippen LogP contribution is -2.54. The fourth-order valence-corrected chi connectivity index (χ4v) is 4.94. The quantitative estimate of drug-likeness (QED) is 0.798. The summed E-state index contributed by atoms with van der Waals surface area (Å²) in [7, 11) is 0. The Labute approximate surface area is 141 Å². The van der Waals surface area contributed by atoms with Gasteiger partial charge in [-0.1, -0.05) is 12.8 Å². The number of nitrogens with zero attached hydrogens (tertiary/aromatic N) is 2. The summed E-state index contributed by atoms with van der Waals surface area (Å²) in [5, 5.41) is 0. The molecule has 24 heavy (non-hydrogen) atoms. The van der Waals surface area contributed by atoms with E-state index in [4.69, 9.17) is 0 Å². The zero-order valence-electron chi connectivity index (χ0n) is 13.9. The van der Waals surface area contributed by atoms with Crippen LogP contribution in [0.1, 0.15) is 44.1 Å². The van der Waals surface area contributed by atoms with Gasteiger partial charge in [0.05, 0.1) is 5.56 Å². The average Bonchev–Trinajstić information content (AvgIpc) is 3.13. The third-order valence-electron chi connectivity index (χ3n) is 6.04. The van der Waals surface area contributed by atoms with Crippen LogP contribution in [-0.2, 0) is 6.18 Å². The van der Waals surface area contributed by atoms with Crippen molar-refractivity contribution in [3.8, 4) is 0 Å². The van der Waals surface area contributed by atoms with Crippen LogP contribution in [0.4, 0.5) is 18.9 Å². The molecule has 2 unspecified atom stereocenters. The lowest BCUT2D eigenvalue weighted by Gasteiger charge is -2.43. The van der Waals surface area contributed by atoms with E-state index in [-0.39, 0.29) is 0 Å². The van der Waals surface area contributed by atoms with E-state index in [2.05, 4.69) is 9.80 Å². The van der Waals surface area contributed by atoms with Crippen molar-refractivity contribution in [2.75, 3.05) is 24.5 Å². The lowest BCUT2D eigenvalue weighted by atomic mass is 10.1. The number of alkyl halides is 3. The highest BCUT2D eigenvalue weighted by Gasteiger charge is 2.40. The van der Waals surface area contributed by atoms with Gasteiger partial charge in [-0.3, -0.25) is 4.90 Å². The number of hydrogen-bond donors (Lipinski definition) is 0. The van der Waals surface area contributed by atoms with Crippen LogP contribution < -0.4 is 4.90 Å². The van der Waals surface area contributed by atoms with Crippen LogP contribution in [0.2, 0.25) is 0 Å². The summed E-state index contributed by atoms with van der Waals surface area (Å²) < 4.78 is 38.3. The van der Waals surface area contributed by atoms with Gasteiger partial charge in [-0.25, -0.2) is 0 Å². The predicted octanol–water partition coefficient (Wildman–Crippen LogP) is 4.55. The van der Waals surface area contributed by atoms with Crippen LogP contribution in [0, 0.1) is 5.92 Å². The number of fused-ring (bicyclic) bond motifs is 2. The van der Waals surface area contributed by atoms with Gasteiger partial charge in [0.1, 0.15) is 0 Å². The van der Waals surface area contributed by atoms with Crippen LogP contribution in [0.3, 0.4) is 0 Å². The molecule has 132 valence electrons. The Morgan fingerprint density at radius 2 is 1.46 bits per heavy atom. The molecule has 1 saturated carbocycles. The normalized spacial score (nSPS) is 28.7. The largest absolute Gasteiger partial charge is 0.416 e. The van der Waals surface area contributed by atoms with E-state index < -0.39 is 11.7 Å². The number of piperazine rings is 1. The SMILES string of the molecule is FC(F)(F)c1ccc(N2C3CCC2CN(CC2CCCC2)C3)cc1. The minimum atomic E-state index is -4.25. The van der Waals surface area contributed by atoms with E-state index in [1.165, 1.54) is 44.4 Å². The Bertz CT molecular complexity index is 549. The zero-order chi connectivity index (χ0) is 16.7. The molecule has 2 atom stereocenters. The lowest BCUT2D eigenvalue weighted by molar-refractivity contribution is -0.137. The molecule has 2 bridgehead atoms. The Morgan fingerprint density at radius 3 is 2.00 bits per heavy atom. The summed E-state index contributed by atoms with van der Waals surface area (Å²) in [4.78, 5) is 4.99. The van der Waals surface area contributed by atoms with Crippen molar-refractivity contribution < 1.29 is 13.2 Å². The summed E-state index contributed by atoms with van der Waals surface area (Å²) in [6.45, 7) is 3.34. The highest BCUT2D eigenvalue weighted by molar-refractivity contribution is 5.52. The van der Waals surface area contributed by atoms with E-state index in [1.807, 2.05) is 0 Å². The smallest absolute Gasteiger partial charge is 0.363 e. The van der Waals surface area contributed by atoms with Crippen LogP contribution in [0.5, 0.6) is 0 Å². The number of likely N-dealkylation sites (tertiary alicyclic amines) is 1. The number of anilines is 1. The molecule has 1 aromatic carbocycles. The summed E-state index contributed by atoms with van der Waals surface area (Å²) in [6.07, 6.45) is 3.56. The summed E-state index contributed by atoms with van der Waals surface area (Å²) in [5.41, 5.74) is 0.398. The Kier molecular flexibility index (Phi) is 4.23. The molecule has 0 radical (unpaired) electrons. The monoisotopic (exact) mass is 338 g/mol. The van der Waals surface area contributed by atoms with Crippen LogP contribution in [-0.4, -0.2) is 36.6 Å². The second-order valence-electron chi connectivity index (χ2n) is 7.71. The first-order valence-electron chi connectivity index (χ1n) is 9.18. The highest BCUT2D eigenvalue weighted by atomic mass is 19.4. The van der Waals surface area contributed by atoms with Gasteiger partial charge >= 0.3 is 6.18 Å². The van der Waals surface area contributed by atoms with Gasteiger partial charge < -0.3 is 4.90 Å². The fraction of sp³-hybridized carbons (Fsp3) is 0.684. The van der Waals surface area contributed by atoms with Gasteiger partial charge in [-0.15, -0.1) is 0 Å². The van der Waals surface area contributed by atoms with Crippen molar-refractivity contribution in [3.63, 3.8) is 0 Å². The molecule has 2 saturated heterocycles. The maximum atomic E-state index is 12.8. The summed E-state index contributed by atoms with van der Waals surface area (Å²) in [5.74, 6) is 0.863. The predicted molar refractivity (Wildman–Crippen MR) is 89.1 cm³/mol. The molecule has 2 aliphatic heterocycles. The molecule has 2 nitrogen and oxygen atoms in total. The summed E-state index contributed by atoms with van der Waals surface area (Å²) >= 11 is 0. The summed E-state index contributed by atoms with van der Waals surface area (Å²) in [6, 6.07) is 6.67. The van der Waals surface area contributed by atoms with E-state index >= 15 is 0 Å². The molecule has 5 heteroatoms. The fourth-order valence-electron chi connectivity index (χ4n) is 4.94. The Hall–Kier alpha value is -1.23. The number of hydrogen-bond acceptors (Lipinski definition) is 2. The number of benzene rings is 1. The Balaban J connectivity index is 1.44. The van der Waals surface area contributed by atoms with Gasteiger partial charge in [-0.05, 0) is 55.9 Å². The van der Waals surface area contributed by atoms with Crippen molar-refractivity contribution in [1.29, 1.82) is 0 Å². The van der Waals surface area contributed by atoms with Crippen molar-refractivity contribution in [1.82, 2.24) is 4.90 Å². The van der Waals surface area contributed by atoms with E-state index in [9.17, 15) is 13.2 Å². The maximum absolute atomic E-state index is 12.8. The van der Waals surface area contributed by atoms with Gasteiger partial charge in [0.2, 0.25) is 0 Å². The number of halogens is 3. The van der Waals surface area contributed by atoms with Gasteiger partial charge in [-0.2, -0.15) is 13.2 Å². The third kappa shape index (κ3) is 3.15. The molecule has 3 aliphatic rings. The molecule has 1 aromatic rings. The van der Waals surface area contributed by atoms with Crippen molar-refractivity contribution in [2.45, 2.75) is 56.8 Å². The van der Waals surface area contributed by atoms with E-state index in [0.29, 0.717) is 12.1 Å². The first-order chi connectivity index (χ1) is 11.5. The molecule has 2 heterocycles. The van der Waals surface area contributed by atoms with Crippen molar-refractivity contribution in [3.05, 3.63) is 29.8 Å². The molecule has 4 rings (SSSR count). The second kappa shape index (κ2) is 6.25. The van der Waals surface area contributed by atoms with Crippen LogP contribution >= 0.6 is 0 Å². The molecular formula is C19H25F3N2. The van der Waals surface area contributed by atoms with Gasteiger partial charge in [0.25, 0.3) is 0 Å². The van der Waals surface area contributed by atoms with Crippen LogP contribution in [0.25, 0.3) is 0 Å². The molecule has 1 aliphatic carbocycles. The first-order valence-corrected chi connectivity index (χ1v) is 9.18. The van der Waals surface area contributed by atoms with Gasteiger partial charge in [0.15, 0.2) is 0 Å². The maximum Gasteiger partial charge on any atom is 0.416 e. The molecule has 0 amide bonds. The van der Waals surface area contributed by atoms with Crippen molar-refractivity contribution >= 4 is 5.69 Å². The second-order valence-corrected chi connectivity index (χ2v) is 7.71. The topological polar surface area (TPSA) is 6.48 Å².